The first-order chi connectivity index (χ1) is 40.7. The molecule has 0 aromatic rings. The third kappa shape index (κ3) is 46.7. The summed E-state index contributed by atoms with van der Waals surface area (Å²) in [6.45, 7) is 5.75. The van der Waals surface area contributed by atoms with Crippen LogP contribution in [0, 0.1) is 0 Å². The van der Waals surface area contributed by atoms with Gasteiger partial charge in [0.05, 0.1) is 25.4 Å². The van der Waals surface area contributed by atoms with E-state index in [-0.39, 0.29) is 19.4 Å². The van der Waals surface area contributed by atoms with Crippen molar-refractivity contribution in [3.8, 4) is 0 Å². The maximum Gasteiger partial charge on any atom is 0.306 e. The summed E-state index contributed by atoms with van der Waals surface area (Å²) in [5.74, 6) is -1.21. The topological polar surface area (TPSA) is 175 Å². The number of carbonyl (C=O) groups excluding carboxylic acids is 2. The predicted molar refractivity (Wildman–Crippen MR) is 347 cm³/mol. The molecule has 1 aliphatic rings. The van der Waals surface area contributed by atoms with Crippen molar-refractivity contribution in [1.29, 1.82) is 0 Å². The molecular formula is C72H127NO10. The van der Waals surface area contributed by atoms with Crippen LogP contribution in [0.3, 0.4) is 0 Å². The molecule has 0 spiro atoms. The highest BCUT2D eigenvalue weighted by molar-refractivity contribution is 5.80. The van der Waals surface area contributed by atoms with E-state index in [1.807, 2.05) is 6.08 Å². The van der Waals surface area contributed by atoms with E-state index in [1.54, 1.807) is 6.08 Å². The summed E-state index contributed by atoms with van der Waals surface area (Å²) in [5, 5.41) is 57.2. The predicted octanol–water partition coefficient (Wildman–Crippen LogP) is 17.3. The number of allylic oxidation sites excluding steroid dienone is 13. The van der Waals surface area contributed by atoms with E-state index < -0.39 is 67.4 Å². The maximum absolute atomic E-state index is 13.5. The summed E-state index contributed by atoms with van der Waals surface area (Å²) < 4.78 is 17.7. The van der Waals surface area contributed by atoms with Crippen LogP contribution < -0.4 is 5.32 Å². The van der Waals surface area contributed by atoms with E-state index in [9.17, 15) is 35.1 Å². The maximum atomic E-state index is 13.5. The number of amides is 1. The van der Waals surface area contributed by atoms with Gasteiger partial charge in [-0.25, -0.2) is 0 Å². The largest absolute Gasteiger partial charge is 0.454 e. The van der Waals surface area contributed by atoms with Gasteiger partial charge in [0, 0.05) is 6.42 Å². The van der Waals surface area contributed by atoms with Crippen molar-refractivity contribution in [2.24, 2.45) is 0 Å². The van der Waals surface area contributed by atoms with Crippen molar-refractivity contribution in [2.75, 3.05) is 13.2 Å². The molecule has 11 heteroatoms. The molecule has 11 nitrogen and oxygen atoms in total. The van der Waals surface area contributed by atoms with E-state index in [0.717, 1.165) is 109 Å². The molecule has 1 rings (SSSR count). The lowest BCUT2D eigenvalue weighted by Crippen LogP contribution is -2.61. The standard InChI is InChI=1S/C72H127NO10/c1-4-7-10-13-16-19-22-25-27-29-31-33-35-37-39-42-45-48-51-54-57-60-67(77)83-70-69(79)68(78)66(61-74)82-72(70)81-62-63(64(75)58-55-52-49-46-43-40-24-21-18-15-12-9-6-3)73-71(80)65(76)59-56-53-50-47-44-41-38-36-34-32-30-28-26-23-20-17-14-11-8-5-2/h16-17,19-20,25-28,31-34,55,58,63-66,68-70,72,74-76,78-79H,4-15,18,21-24,29-30,35-54,56-57,59-62H2,1-3H3,(H,73,80)/b19-16-,20-17-,27-25-,28-26-,33-31-,34-32-,58-55+. The Bertz CT molecular complexity index is 1670. The van der Waals surface area contributed by atoms with Crippen molar-refractivity contribution in [1.82, 2.24) is 5.32 Å². The number of esters is 1. The van der Waals surface area contributed by atoms with Gasteiger partial charge in [-0.05, 0) is 103 Å². The molecule has 1 fully saturated rings. The lowest BCUT2D eigenvalue weighted by molar-refractivity contribution is -0.305. The number of nitrogens with one attached hydrogen (secondary N) is 1. The van der Waals surface area contributed by atoms with Crippen molar-refractivity contribution in [3.63, 3.8) is 0 Å². The summed E-state index contributed by atoms with van der Waals surface area (Å²) in [4.78, 5) is 26.7. The molecule has 8 atom stereocenters. The van der Waals surface area contributed by atoms with E-state index in [0.29, 0.717) is 12.8 Å². The van der Waals surface area contributed by atoms with Crippen LogP contribution in [0.25, 0.3) is 0 Å². The van der Waals surface area contributed by atoms with Gasteiger partial charge in [0.2, 0.25) is 5.91 Å². The van der Waals surface area contributed by atoms with Crippen molar-refractivity contribution < 1.29 is 49.3 Å². The minimum atomic E-state index is -1.62. The molecule has 0 aromatic carbocycles. The first-order valence-corrected chi connectivity index (χ1v) is 34.4. The van der Waals surface area contributed by atoms with Crippen molar-refractivity contribution in [2.45, 2.75) is 346 Å². The van der Waals surface area contributed by atoms with Gasteiger partial charge < -0.3 is 45.1 Å². The number of rotatable bonds is 58. The molecule has 1 aliphatic heterocycles. The second-order valence-electron chi connectivity index (χ2n) is 23.6. The number of carbonyl (C=O) groups is 2. The Morgan fingerprint density at radius 1 is 0.470 bits per heavy atom. The van der Waals surface area contributed by atoms with Crippen molar-refractivity contribution >= 4 is 11.9 Å². The molecule has 480 valence electrons. The number of ether oxygens (including phenoxy) is 3. The fourth-order valence-corrected chi connectivity index (χ4v) is 10.3. The highest BCUT2D eigenvalue weighted by Gasteiger charge is 2.47. The normalized spacial score (nSPS) is 19.1. The Balaban J connectivity index is 2.64. The summed E-state index contributed by atoms with van der Waals surface area (Å²) in [7, 11) is 0. The summed E-state index contributed by atoms with van der Waals surface area (Å²) >= 11 is 0. The number of aliphatic hydroxyl groups is 5. The van der Waals surface area contributed by atoms with Gasteiger partial charge in [-0.3, -0.25) is 9.59 Å². The van der Waals surface area contributed by atoms with E-state index in [1.165, 1.54) is 141 Å². The second-order valence-corrected chi connectivity index (χ2v) is 23.6. The summed E-state index contributed by atoms with van der Waals surface area (Å²) in [6.07, 6.45) is 67.5. The number of hydrogen-bond donors (Lipinski definition) is 6. The van der Waals surface area contributed by atoms with Gasteiger partial charge in [-0.2, -0.15) is 0 Å². The van der Waals surface area contributed by atoms with E-state index in [4.69, 9.17) is 14.2 Å². The van der Waals surface area contributed by atoms with Crippen LogP contribution in [-0.2, 0) is 23.8 Å². The number of unbranched alkanes of at least 4 members (excludes halogenated alkanes) is 32. The molecule has 0 bridgehead atoms. The van der Waals surface area contributed by atoms with Crippen LogP contribution in [0.5, 0.6) is 0 Å². The van der Waals surface area contributed by atoms with Crippen molar-refractivity contribution in [3.05, 3.63) is 85.1 Å². The number of hydrogen-bond acceptors (Lipinski definition) is 10. The quantitative estimate of drug-likeness (QED) is 0.0195. The SMILES string of the molecule is CCCCC/C=C\C/C=C\C/C=C\CCCCCCCCCCC(=O)OC1C(OCC(NC(=O)C(O)CCCCCCCCC/C=C\C/C=C\C/C=C\CCCCC)C(O)/C=C/CCCCCCCCCCCCC)OC(CO)C(O)C1O. The molecule has 1 amide bonds. The molecule has 6 N–H and O–H groups in total. The van der Waals surface area contributed by atoms with Crippen LogP contribution in [0.2, 0.25) is 0 Å². The minimum Gasteiger partial charge on any atom is -0.454 e. The zero-order valence-corrected chi connectivity index (χ0v) is 53.3. The zero-order valence-electron chi connectivity index (χ0n) is 53.3. The third-order valence-corrected chi connectivity index (χ3v) is 15.8. The molecule has 0 saturated carbocycles. The molecule has 0 aliphatic carbocycles. The van der Waals surface area contributed by atoms with Crippen LogP contribution in [0.15, 0.2) is 85.1 Å². The Morgan fingerprint density at radius 2 is 0.831 bits per heavy atom. The van der Waals surface area contributed by atoms with E-state index >= 15 is 0 Å². The molecule has 83 heavy (non-hydrogen) atoms. The third-order valence-electron chi connectivity index (χ3n) is 15.8. The summed E-state index contributed by atoms with van der Waals surface area (Å²) in [5.41, 5.74) is 0. The molecular weight excluding hydrogens is 1040 g/mol. The van der Waals surface area contributed by atoms with Gasteiger partial charge in [0.1, 0.15) is 24.4 Å². The van der Waals surface area contributed by atoms with Gasteiger partial charge in [-0.15, -0.1) is 0 Å². The highest BCUT2D eigenvalue weighted by atomic mass is 16.7. The van der Waals surface area contributed by atoms with Gasteiger partial charge in [0.25, 0.3) is 0 Å². The average Bonchev–Trinajstić information content (AvgIpc) is 3.58. The Kier molecular flexibility index (Phi) is 55.5. The Hall–Kier alpha value is -3.16. The van der Waals surface area contributed by atoms with Gasteiger partial charge in [0.15, 0.2) is 12.4 Å². The van der Waals surface area contributed by atoms with Crippen LogP contribution in [0.1, 0.15) is 297 Å². The first-order valence-electron chi connectivity index (χ1n) is 34.4. The average molecular weight is 1170 g/mol. The molecule has 0 radical (unpaired) electrons. The Labute approximate surface area is 508 Å². The number of aliphatic hydroxyl groups excluding tert-OH is 5. The highest BCUT2D eigenvalue weighted by Crippen LogP contribution is 2.26. The fourth-order valence-electron chi connectivity index (χ4n) is 10.3. The Morgan fingerprint density at radius 3 is 1.27 bits per heavy atom. The fraction of sp³-hybridized carbons (Fsp3) is 0.778. The van der Waals surface area contributed by atoms with Crippen LogP contribution >= 0.6 is 0 Å². The van der Waals surface area contributed by atoms with Crippen LogP contribution in [0.4, 0.5) is 0 Å². The molecule has 1 heterocycles. The lowest BCUT2D eigenvalue weighted by atomic mass is 9.99. The van der Waals surface area contributed by atoms with E-state index in [2.05, 4.69) is 99.0 Å². The van der Waals surface area contributed by atoms with Gasteiger partial charge in [-0.1, -0.05) is 273 Å². The second kappa shape index (κ2) is 59.2. The first kappa shape index (κ1) is 77.9. The molecule has 0 aromatic heterocycles. The lowest BCUT2D eigenvalue weighted by Gasteiger charge is -2.41. The monoisotopic (exact) mass is 1170 g/mol. The van der Waals surface area contributed by atoms with Crippen LogP contribution in [-0.4, -0.2) is 99.6 Å². The summed E-state index contributed by atoms with van der Waals surface area (Å²) in [6, 6.07) is -1.03. The molecule has 8 unspecified atom stereocenters. The minimum absolute atomic E-state index is 0.111. The van der Waals surface area contributed by atoms with Gasteiger partial charge >= 0.3 is 5.97 Å². The zero-order chi connectivity index (χ0) is 60.3. The smallest absolute Gasteiger partial charge is 0.306 e. The molecule has 1 saturated heterocycles.